The van der Waals surface area contributed by atoms with Crippen molar-refractivity contribution >= 4 is 21.6 Å². The van der Waals surface area contributed by atoms with E-state index in [0.29, 0.717) is 4.47 Å². The molecule has 4 heteroatoms. The van der Waals surface area contributed by atoms with Gasteiger partial charge in [-0.25, -0.2) is 4.39 Å². The molecular weight excluding hydrogens is 213 g/mol. The second kappa shape index (κ2) is 3.19. The lowest BCUT2D eigenvalue weighted by Crippen LogP contribution is -1.98. The Labute approximate surface area is 72.0 Å². The molecule has 0 aliphatic heterocycles. The summed E-state index contributed by atoms with van der Waals surface area (Å²) < 4.78 is 13.3. The van der Waals surface area contributed by atoms with Gasteiger partial charge in [-0.15, -0.1) is 0 Å². The smallest absolute Gasteiger partial charge is 0.144 e. The summed E-state index contributed by atoms with van der Waals surface area (Å²) in [6.45, 7) is -0.378. The molecule has 1 aromatic rings. The number of nitrogens with two attached hydrogens (primary N) is 1. The molecule has 0 saturated carbocycles. The highest BCUT2D eigenvalue weighted by Gasteiger charge is 2.07. The fourth-order valence-electron chi connectivity index (χ4n) is 0.768. The monoisotopic (exact) mass is 219 g/mol. The van der Waals surface area contributed by atoms with Crippen molar-refractivity contribution in [3.63, 3.8) is 0 Å². The van der Waals surface area contributed by atoms with Gasteiger partial charge in [-0.1, -0.05) is 0 Å². The highest BCUT2D eigenvalue weighted by Crippen LogP contribution is 2.23. The molecule has 0 bridgehead atoms. The fraction of sp³-hybridized carbons (Fsp3) is 0.143. The Kier molecular flexibility index (Phi) is 2.46. The number of rotatable bonds is 1. The van der Waals surface area contributed by atoms with Gasteiger partial charge in [0.25, 0.3) is 0 Å². The van der Waals surface area contributed by atoms with Crippen LogP contribution in [-0.4, -0.2) is 5.11 Å². The van der Waals surface area contributed by atoms with E-state index in [1.54, 1.807) is 6.07 Å². The number of aliphatic hydroxyl groups excluding tert-OH is 1. The minimum Gasteiger partial charge on any atom is -0.398 e. The van der Waals surface area contributed by atoms with Crippen LogP contribution in [0.1, 0.15) is 5.56 Å². The molecule has 0 saturated heterocycles. The summed E-state index contributed by atoms with van der Waals surface area (Å²) in [5.74, 6) is -0.493. The zero-order valence-electron chi connectivity index (χ0n) is 5.64. The number of halogens is 2. The van der Waals surface area contributed by atoms with Crippen molar-refractivity contribution in [3.05, 3.63) is 28.0 Å². The average molecular weight is 220 g/mol. The van der Waals surface area contributed by atoms with E-state index >= 15 is 0 Å². The van der Waals surface area contributed by atoms with Gasteiger partial charge in [-0.2, -0.15) is 0 Å². The Bertz CT molecular complexity index is 277. The molecule has 0 amide bonds. The van der Waals surface area contributed by atoms with Gasteiger partial charge in [0.05, 0.1) is 11.1 Å². The molecule has 0 atom stereocenters. The van der Waals surface area contributed by atoms with Crippen LogP contribution in [0.2, 0.25) is 0 Å². The van der Waals surface area contributed by atoms with E-state index in [1.165, 1.54) is 6.07 Å². The van der Waals surface area contributed by atoms with Crippen LogP contribution in [0.4, 0.5) is 10.1 Å². The summed E-state index contributed by atoms with van der Waals surface area (Å²) in [6.07, 6.45) is 0. The van der Waals surface area contributed by atoms with Crippen LogP contribution in [0.15, 0.2) is 16.6 Å². The fourth-order valence-corrected chi connectivity index (χ4v) is 1.14. The lowest BCUT2D eigenvalue weighted by Gasteiger charge is -2.04. The quantitative estimate of drug-likeness (QED) is 0.707. The van der Waals surface area contributed by atoms with Crippen molar-refractivity contribution in [1.82, 2.24) is 0 Å². The molecular formula is C7H7BrFNO. The van der Waals surface area contributed by atoms with Crippen molar-refractivity contribution < 1.29 is 9.50 Å². The topological polar surface area (TPSA) is 46.2 Å². The van der Waals surface area contributed by atoms with E-state index in [1.807, 2.05) is 0 Å². The van der Waals surface area contributed by atoms with E-state index in [0.717, 1.165) is 0 Å². The average Bonchev–Trinajstić information content (AvgIpc) is 1.99. The Morgan fingerprint density at radius 2 is 2.18 bits per heavy atom. The molecule has 0 radical (unpaired) electrons. The molecule has 0 aliphatic carbocycles. The maximum absolute atomic E-state index is 13.0. The predicted octanol–water partition coefficient (Wildman–Crippen LogP) is 1.66. The summed E-state index contributed by atoms with van der Waals surface area (Å²) in [5.41, 5.74) is 5.79. The lowest BCUT2D eigenvalue weighted by molar-refractivity contribution is 0.276. The molecule has 60 valence electrons. The molecule has 2 nitrogen and oxygen atoms in total. The number of hydrogen-bond acceptors (Lipinski definition) is 2. The summed E-state index contributed by atoms with van der Waals surface area (Å²) in [4.78, 5) is 0. The van der Waals surface area contributed by atoms with Gasteiger partial charge in [0.2, 0.25) is 0 Å². The Balaban J connectivity index is 3.29. The molecule has 0 aromatic heterocycles. The first kappa shape index (κ1) is 8.49. The van der Waals surface area contributed by atoms with Crippen LogP contribution < -0.4 is 5.73 Å². The third-order valence-corrected chi connectivity index (χ3v) is 2.00. The highest BCUT2D eigenvalue weighted by atomic mass is 79.9. The summed E-state index contributed by atoms with van der Waals surface area (Å²) >= 11 is 2.98. The van der Waals surface area contributed by atoms with E-state index in [-0.39, 0.29) is 17.9 Å². The van der Waals surface area contributed by atoms with Gasteiger partial charge >= 0.3 is 0 Å². The van der Waals surface area contributed by atoms with Crippen molar-refractivity contribution in [2.45, 2.75) is 6.61 Å². The number of hydrogen-bond donors (Lipinski definition) is 2. The largest absolute Gasteiger partial charge is 0.398 e. The van der Waals surface area contributed by atoms with E-state index in [4.69, 9.17) is 10.8 Å². The Morgan fingerprint density at radius 1 is 1.55 bits per heavy atom. The summed E-state index contributed by atoms with van der Waals surface area (Å²) in [7, 11) is 0. The van der Waals surface area contributed by atoms with Crippen LogP contribution in [0.5, 0.6) is 0 Å². The van der Waals surface area contributed by atoms with Crippen LogP contribution in [0.3, 0.4) is 0 Å². The van der Waals surface area contributed by atoms with Gasteiger partial charge in [-0.3, -0.25) is 0 Å². The first-order chi connectivity index (χ1) is 5.16. The molecule has 11 heavy (non-hydrogen) atoms. The standard InChI is InChI=1S/C7H7BrFNO/c8-5-1-2-6(10)4(3-11)7(5)9/h1-2,11H,3,10H2. The molecule has 0 aliphatic rings. The van der Waals surface area contributed by atoms with Crippen molar-refractivity contribution in [1.29, 1.82) is 0 Å². The number of anilines is 1. The van der Waals surface area contributed by atoms with E-state index in [9.17, 15) is 4.39 Å². The Hall–Kier alpha value is -0.610. The molecule has 0 unspecified atom stereocenters. The SMILES string of the molecule is Nc1ccc(Br)c(F)c1CO. The van der Waals surface area contributed by atoms with Crippen molar-refractivity contribution in [2.24, 2.45) is 0 Å². The third-order valence-electron chi connectivity index (χ3n) is 1.39. The summed E-state index contributed by atoms with van der Waals surface area (Å²) in [6, 6.07) is 3.04. The molecule has 1 rings (SSSR count). The maximum atomic E-state index is 13.0. The zero-order valence-corrected chi connectivity index (χ0v) is 7.23. The Morgan fingerprint density at radius 3 is 2.64 bits per heavy atom. The van der Waals surface area contributed by atoms with Crippen LogP contribution >= 0.6 is 15.9 Å². The third kappa shape index (κ3) is 1.52. The molecule has 0 heterocycles. The van der Waals surface area contributed by atoms with Crippen LogP contribution in [0.25, 0.3) is 0 Å². The summed E-state index contributed by atoms with van der Waals surface area (Å²) in [5, 5.41) is 8.68. The molecule has 1 aromatic carbocycles. The van der Waals surface area contributed by atoms with Gasteiger partial charge in [0, 0.05) is 11.3 Å². The van der Waals surface area contributed by atoms with E-state index < -0.39 is 5.82 Å². The lowest BCUT2D eigenvalue weighted by atomic mass is 10.2. The van der Waals surface area contributed by atoms with Gasteiger partial charge in [-0.05, 0) is 28.1 Å². The minimum absolute atomic E-state index is 0.138. The molecule has 3 N–H and O–H groups in total. The molecule has 0 spiro atoms. The second-order valence-electron chi connectivity index (χ2n) is 2.09. The minimum atomic E-state index is -0.493. The molecule has 0 fully saturated rings. The van der Waals surface area contributed by atoms with Crippen molar-refractivity contribution in [3.8, 4) is 0 Å². The van der Waals surface area contributed by atoms with Crippen molar-refractivity contribution in [2.75, 3.05) is 5.73 Å². The van der Waals surface area contributed by atoms with Crippen LogP contribution in [0, 0.1) is 5.82 Å². The van der Waals surface area contributed by atoms with E-state index in [2.05, 4.69) is 15.9 Å². The number of aliphatic hydroxyl groups is 1. The second-order valence-corrected chi connectivity index (χ2v) is 2.94. The highest BCUT2D eigenvalue weighted by molar-refractivity contribution is 9.10. The first-order valence-electron chi connectivity index (χ1n) is 3.00. The van der Waals surface area contributed by atoms with Gasteiger partial charge in [0.1, 0.15) is 5.82 Å². The first-order valence-corrected chi connectivity index (χ1v) is 3.79. The van der Waals surface area contributed by atoms with Gasteiger partial charge in [0.15, 0.2) is 0 Å². The van der Waals surface area contributed by atoms with Gasteiger partial charge < -0.3 is 10.8 Å². The zero-order chi connectivity index (χ0) is 8.43. The normalized spacial score (nSPS) is 10.1. The predicted molar refractivity (Wildman–Crippen MR) is 44.4 cm³/mol. The maximum Gasteiger partial charge on any atom is 0.144 e. The van der Waals surface area contributed by atoms with Crippen LogP contribution in [-0.2, 0) is 6.61 Å². The number of nitrogen functional groups attached to an aromatic ring is 1. The number of benzene rings is 1.